The van der Waals surface area contributed by atoms with Crippen molar-refractivity contribution >= 4 is 23.7 Å². The Morgan fingerprint density at radius 3 is 2.41 bits per heavy atom. The van der Waals surface area contributed by atoms with E-state index in [-0.39, 0.29) is 5.75 Å². The number of anilines is 2. The quantitative estimate of drug-likeness (QED) is 0.946. The van der Waals surface area contributed by atoms with E-state index < -0.39 is 6.36 Å². The molecule has 0 amide bonds. The zero-order chi connectivity index (χ0) is 15.6. The molecule has 1 aromatic heterocycles. The highest BCUT2D eigenvalue weighted by molar-refractivity contribution is 5.57. The van der Waals surface area contributed by atoms with Crippen LogP contribution in [0.5, 0.6) is 5.75 Å². The maximum absolute atomic E-state index is 12.1. The van der Waals surface area contributed by atoms with E-state index in [2.05, 4.69) is 27.2 Å². The lowest BCUT2D eigenvalue weighted by atomic mass is 10.1. The first-order chi connectivity index (χ1) is 10.5. The van der Waals surface area contributed by atoms with E-state index in [1.54, 1.807) is 0 Å². The Morgan fingerprint density at radius 2 is 1.68 bits per heavy atom. The Bertz CT molecular complexity index is 783. The Labute approximate surface area is 124 Å². The van der Waals surface area contributed by atoms with Gasteiger partial charge in [0, 0.05) is 5.69 Å². The predicted octanol–water partition coefficient (Wildman–Crippen LogP) is 3.08. The molecule has 0 atom stereocenters. The summed E-state index contributed by atoms with van der Waals surface area (Å²) in [6, 6.07) is 9.36. The molecule has 1 aliphatic carbocycles. The SMILES string of the molecule is FC(F)(F)Oc1ccc(Nc2ccc3c(n2)=CCCC=3)cc1. The minimum absolute atomic E-state index is 0.251. The number of hydrogen-bond acceptors (Lipinski definition) is 3. The van der Waals surface area contributed by atoms with Gasteiger partial charge in [-0.15, -0.1) is 13.2 Å². The second-order valence-electron chi connectivity index (χ2n) is 4.85. The third-order valence-electron chi connectivity index (χ3n) is 3.19. The number of benzene rings is 1. The molecule has 0 unspecified atom stereocenters. The van der Waals surface area contributed by atoms with Crippen LogP contribution < -0.4 is 20.6 Å². The van der Waals surface area contributed by atoms with Gasteiger partial charge in [-0.1, -0.05) is 12.2 Å². The molecule has 1 heterocycles. The van der Waals surface area contributed by atoms with Gasteiger partial charge in [-0.2, -0.15) is 0 Å². The molecule has 0 fully saturated rings. The molecule has 1 N–H and O–H groups in total. The molecular weight excluding hydrogens is 293 g/mol. The lowest BCUT2D eigenvalue weighted by molar-refractivity contribution is -0.274. The molecule has 1 aromatic carbocycles. The normalized spacial score (nSPS) is 13.6. The molecule has 0 radical (unpaired) electrons. The number of halogens is 3. The summed E-state index contributed by atoms with van der Waals surface area (Å²) in [5.74, 6) is 0.397. The molecule has 0 saturated heterocycles. The van der Waals surface area contributed by atoms with E-state index in [9.17, 15) is 13.2 Å². The maximum Gasteiger partial charge on any atom is 0.573 e. The number of rotatable bonds is 3. The van der Waals surface area contributed by atoms with Crippen LogP contribution in [0.3, 0.4) is 0 Å². The smallest absolute Gasteiger partial charge is 0.406 e. The molecule has 2 aromatic rings. The summed E-state index contributed by atoms with van der Waals surface area (Å²) in [4.78, 5) is 4.48. The minimum Gasteiger partial charge on any atom is -0.406 e. The van der Waals surface area contributed by atoms with Crippen LogP contribution in [-0.2, 0) is 0 Å². The fourth-order valence-electron chi connectivity index (χ4n) is 2.24. The zero-order valence-corrected chi connectivity index (χ0v) is 11.5. The lowest BCUT2D eigenvalue weighted by Gasteiger charge is -2.10. The van der Waals surface area contributed by atoms with E-state index in [0.29, 0.717) is 11.5 Å². The summed E-state index contributed by atoms with van der Waals surface area (Å²) in [6.07, 6.45) is 1.51. The molecule has 0 saturated carbocycles. The van der Waals surface area contributed by atoms with E-state index in [4.69, 9.17) is 0 Å². The Hall–Kier alpha value is -2.50. The number of nitrogens with zero attached hydrogens (tertiary/aromatic N) is 1. The van der Waals surface area contributed by atoms with Crippen molar-refractivity contribution in [1.29, 1.82) is 0 Å². The van der Waals surface area contributed by atoms with E-state index in [1.165, 1.54) is 24.3 Å². The molecule has 6 heteroatoms. The highest BCUT2D eigenvalue weighted by Gasteiger charge is 2.30. The number of fused-ring (bicyclic) bond motifs is 1. The summed E-state index contributed by atoms with van der Waals surface area (Å²) >= 11 is 0. The second kappa shape index (κ2) is 5.71. The first-order valence-electron chi connectivity index (χ1n) is 6.80. The average Bonchev–Trinajstić information content (AvgIpc) is 2.48. The van der Waals surface area contributed by atoms with Gasteiger partial charge in [0.05, 0.1) is 5.35 Å². The van der Waals surface area contributed by atoms with Crippen LogP contribution in [0.1, 0.15) is 12.8 Å². The predicted molar refractivity (Wildman–Crippen MR) is 78.1 cm³/mol. The molecule has 0 aliphatic heterocycles. The monoisotopic (exact) mass is 306 g/mol. The van der Waals surface area contributed by atoms with E-state index in [0.717, 1.165) is 23.4 Å². The third-order valence-corrected chi connectivity index (χ3v) is 3.19. The highest BCUT2D eigenvalue weighted by Crippen LogP contribution is 2.24. The van der Waals surface area contributed by atoms with Gasteiger partial charge in [0.1, 0.15) is 11.6 Å². The average molecular weight is 306 g/mol. The van der Waals surface area contributed by atoms with Gasteiger partial charge in [-0.05, 0) is 54.5 Å². The number of ether oxygens (including phenoxy) is 1. The van der Waals surface area contributed by atoms with Gasteiger partial charge >= 0.3 is 6.36 Å². The molecule has 0 spiro atoms. The second-order valence-corrected chi connectivity index (χ2v) is 4.85. The summed E-state index contributed by atoms with van der Waals surface area (Å²) in [6.45, 7) is 0. The Balaban J connectivity index is 1.76. The Morgan fingerprint density at radius 1 is 0.955 bits per heavy atom. The Kier molecular flexibility index (Phi) is 3.75. The van der Waals surface area contributed by atoms with Gasteiger partial charge in [0.15, 0.2) is 0 Å². The molecule has 0 bridgehead atoms. The van der Waals surface area contributed by atoms with Crippen molar-refractivity contribution in [1.82, 2.24) is 4.98 Å². The fourth-order valence-corrected chi connectivity index (χ4v) is 2.24. The fraction of sp³-hybridized carbons (Fsp3) is 0.188. The molecule has 1 aliphatic rings. The van der Waals surface area contributed by atoms with Crippen molar-refractivity contribution in [3.63, 3.8) is 0 Å². The standard InChI is InChI=1S/C16H13F3N2O/c17-16(18,19)22-13-8-6-12(7-9-13)20-15-10-5-11-3-1-2-4-14(11)21-15/h3-10H,1-2H2,(H,20,21). The van der Waals surface area contributed by atoms with E-state index in [1.807, 2.05) is 12.1 Å². The van der Waals surface area contributed by atoms with Gasteiger partial charge in [-0.3, -0.25) is 0 Å². The van der Waals surface area contributed by atoms with Gasteiger partial charge < -0.3 is 10.1 Å². The first-order valence-corrected chi connectivity index (χ1v) is 6.80. The number of pyridine rings is 1. The molecule has 22 heavy (non-hydrogen) atoms. The van der Waals surface area contributed by atoms with Gasteiger partial charge in [-0.25, -0.2) is 4.98 Å². The number of hydrogen-bond donors (Lipinski definition) is 1. The highest BCUT2D eigenvalue weighted by atomic mass is 19.4. The van der Waals surface area contributed by atoms with Gasteiger partial charge in [0.25, 0.3) is 0 Å². The number of nitrogens with one attached hydrogen (secondary N) is 1. The molecule has 3 rings (SSSR count). The number of aromatic nitrogens is 1. The van der Waals surface area contributed by atoms with Crippen LogP contribution >= 0.6 is 0 Å². The minimum atomic E-state index is -4.68. The van der Waals surface area contributed by atoms with Crippen LogP contribution in [0.4, 0.5) is 24.7 Å². The first kappa shape index (κ1) is 14.4. The van der Waals surface area contributed by atoms with Crippen molar-refractivity contribution < 1.29 is 17.9 Å². The summed E-state index contributed by atoms with van der Waals surface area (Å²) in [7, 11) is 0. The van der Waals surface area contributed by atoms with Crippen molar-refractivity contribution in [2.75, 3.05) is 5.32 Å². The topological polar surface area (TPSA) is 34.1 Å². The van der Waals surface area contributed by atoms with Crippen LogP contribution in [0.2, 0.25) is 0 Å². The number of alkyl halides is 3. The van der Waals surface area contributed by atoms with Crippen molar-refractivity contribution in [3.8, 4) is 5.75 Å². The third kappa shape index (κ3) is 3.58. The largest absolute Gasteiger partial charge is 0.573 e. The van der Waals surface area contributed by atoms with Gasteiger partial charge in [0.2, 0.25) is 0 Å². The van der Waals surface area contributed by atoms with E-state index >= 15 is 0 Å². The maximum atomic E-state index is 12.1. The van der Waals surface area contributed by atoms with Crippen LogP contribution in [0, 0.1) is 0 Å². The molecular formula is C16H13F3N2O. The van der Waals surface area contributed by atoms with Crippen LogP contribution in [-0.4, -0.2) is 11.3 Å². The summed E-state index contributed by atoms with van der Waals surface area (Å²) < 4.78 is 40.1. The lowest BCUT2D eigenvalue weighted by Crippen LogP contribution is -2.30. The molecule has 114 valence electrons. The molecule has 3 nitrogen and oxygen atoms in total. The van der Waals surface area contributed by atoms with Crippen LogP contribution in [0.15, 0.2) is 36.4 Å². The van der Waals surface area contributed by atoms with Crippen molar-refractivity contribution in [3.05, 3.63) is 47.0 Å². The zero-order valence-electron chi connectivity index (χ0n) is 11.5. The van der Waals surface area contributed by atoms with Crippen molar-refractivity contribution in [2.45, 2.75) is 19.2 Å². The summed E-state index contributed by atoms with van der Waals surface area (Å²) in [5, 5.41) is 5.09. The van der Waals surface area contributed by atoms with Crippen molar-refractivity contribution in [2.24, 2.45) is 0 Å². The summed E-state index contributed by atoms with van der Waals surface area (Å²) in [5.41, 5.74) is 0.641. The van der Waals surface area contributed by atoms with Crippen LogP contribution in [0.25, 0.3) is 12.2 Å².